The molecule has 5 nitrogen and oxygen atoms in total. The highest BCUT2D eigenvalue weighted by Gasteiger charge is 2.09. The van der Waals surface area contributed by atoms with Gasteiger partial charge in [-0.25, -0.2) is 4.79 Å². The number of hydrogen-bond donors (Lipinski definition) is 1. The van der Waals surface area contributed by atoms with Crippen molar-refractivity contribution in [2.24, 2.45) is 0 Å². The van der Waals surface area contributed by atoms with E-state index in [1.165, 1.54) is 0 Å². The summed E-state index contributed by atoms with van der Waals surface area (Å²) in [6, 6.07) is 14.9. The van der Waals surface area contributed by atoms with Gasteiger partial charge in [0.2, 0.25) is 0 Å². The first-order chi connectivity index (χ1) is 11.6. The van der Waals surface area contributed by atoms with E-state index in [9.17, 15) is 9.59 Å². The summed E-state index contributed by atoms with van der Waals surface area (Å²) in [4.78, 5) is 23.9. The van der Waals surface area contributed by atoms with Crippen LogP contribution in [0.4, 0.5) is 5.69 Å². The van der Waals surface area contributed by atoms with Gasteiger partial charge in [0, 0.05) is 11.3 Å². The number of hydrogen-bond acceptors (Lipinski definition) is 4. The standard InChI is InChI=1S/C19H18N2O3/c1-2-3-12-24-19(23)16-8-10-17(11-9-16)21-18(22)15-6-4-14(13-20)5-7-15/h4-11H,2-3,12H2,1H3,(H,21,22). The van der Waals surface area contributed by atoms with Crippen molar-refractivity contribution in [1.82, 2.24) is 0 Å². The minimum Gasteiger partial charge on any atom is -0.462 e. The van der Waals surface area contributed by atoms with Crippen LogP contribution in [0.2, 0.25) is 0 Å². The lowest BCUT2D eigenvalue weighted by atomic mass is 10.1. The van der Waals surface area contributed by atoms with E-state index in [0.29, 0.717) is 29.0 Å². The molecule has 5 heteroatoms. The van der Waals surface area contributed by atoms with Crippen molar-refractivity contribution in [3.8, 4) is 6.07 Å². The summed E-state index contributed by atoms with van der Waals surface area (Å²) < 4.78 is 5.13. The molecule has 2 aromatic carbocycles. The van der Waals surface area contributed by atoms with E-state index in [-0.39, 0.29) is 11.9 Å². The third-order valence-corrected chi connectivity index (χ3v) is 3.39. The van der Waals surface area contributed by atoms with Crippen molar-refractivity contribution >= 4 is 17.6 Å². The molecule has 0 unspecified atom stereocenters. The Hall–Kier alpha value is -3.13. The summed E-state index contributed by atoms with van der Waals surface area (Å²) in [5.41, 5.74) is 1.98. The lowest BCUT2D eigenvalue weighted by molar-refractivity contribution is 0.0499. The molecular weight excluding hydrogens is 304 g/mol. The molecule has 122 valence electrons. The number of esters is 1. The minimum absolute atomic E-state index is 0.280. The Kier molecular flexibility index (Phi) is 6.09. The number of amides is 1. The van der Waals surface area contributed by atoms with Crippen molar-refractivity contribution in [2.45, 2.75) is 19.8 Å². The van der Waals surface area contributed by atoms with E-state index < -0.39 is 0 Å². The number of carbonyl (C=O) groups is 2. The van der Waals surface area contributed by atoms with Crippen molar-refractivity contribution < 1.29 is 14.3 Å². The molecule has 0 aromatic heterocycles. The summed E-state index contributed by atoms with van der Waals surface area (Å²) >= 11 is 0. The van der Waals surface area contributed by atoms with E-state index in [0.717, 1.165) is 12.8 Å². The monoisotopic (exact) mass is 322 g/mol. The first-order valence-corrected chi connectivity index (χ1v) is 7.72. The normalized spacial score (nSPS) is 9.83. The number of benzene rings is 2. The summed E-state index contributed by atoms with van der Waals surface area (Å²) in [7, 11) is 0. The van der Waals surface area contributed by atoms with Crippen LogP contribution in [0.1, 0.15) is 46.0 Å². The molecule has 1 N–H and O–H groups in total. The zero-order valence-corrected chi connectivity index (χ0v) is 13.4. The van der Waals surface area contributed by atoms with Gasteiger partial charge in [-0.05, 0) is 55.0 Å². The SMILES string of the molecule is CCCCOC(=O)c1ccc(NC(=O)c2ccc(C#N)cc2)cc1. The predicted molar refractivity (Wildman–Crippen MR) is 90.7 cm³/mol. The van der Waals surface area contributed by atoms with Gasteiger partial charge in [-0.2, -0.15) is 5.26 Å². The van der Waals surface area contributed by atoms with Gasteiger partial charge in [0.15, 0.2) is 0 Å². The van der Waals surface area contributed by atoms with E-state index in [1.54, 1.807) is 48.5 Å². The molecule has 0 saturated heterocycles. The molecule has 0 aliphatic carbocycles. The Labute approximate surface area is 140 Å². The van der Waals surface area contributed by atoms with Crippen molar-refractivity contribution in [1.29, 1.82) is 5.26 Å². The van der Waals surface area contributed by atoms with Crippen molar-refractivity contribution in [3.05, 3.63) is 65.2 Å². The predicted octanol–water partition coefficient (Wildman–Crippen LogP) is 3.77. The number of nitrogens with zero attached hydrogens (tertiary/aromatic N) is 1. The molecule has 24 heavy (non-hydrogen) atoms. The number of rotatable bonds is 6. The van der Waals surface area contributed by atoms with E-state index >= 15 is 0 Å². The molecular formula is C19H18N2O3. The molecule has 2 rings (SSSR count). The van der Waals surface area contributed by atoms with Crippen LogP contribution in [0.3, 0.4) is 0 Å². The quantitative estimate of drug-likeness (QED) is 0.648. The molecule has 2 aromatic rings. The van der Waals surface area contributed by atoms with Gasteiger partial charge in [0.1, 0.15) is 0 Å². The van der Waals surface area contributed by atoms with Crippen LogP contribution in [-0.2, 0) is 4.74 Å². The molecule has 0 saturated carbocycles. The first-order valence-electron chi connectivity index (χ1n) is 7.72. The summed E-state index contributed by atoms with van der Waals surface area (Å²) in [5.74, 6) is -0.647. The fraction of sp³-hybridized carbons (Fsp3) is 0.211. The second-order valence-corrected chi connectivity index (χ2v) is 5.21. The summed E-state index contributed by atoms with van der Waals surface area (Å²) in [6.07, 6.45) is 1.80. The van der Waals surface area contributed by atoms with E-state index in [1.807, 2.05) is 13.0 Å². The zero-order chi connectivity index (χ0) is 17.4. The summed E-state index contributed by atoms with van der Waals surface area (Å²) in [6.45, 7) is 2.44. The molecule has 1 amide bonds. The molecule has 0 aliphatic rings. The highest BCUT2D eigenvalue weighted by Crippen LogP contribution is 2.13. The van der Waals surface area contributed by atoms with Crippen LogP contribution in [0.5, 0.6) is 0 Å². The molecule has 0 fully saturated rings. The van der Waals surface area contributed by atoms with Gasteiger partial charge < -0.3 is 10.1 Å². The molecule has 0 spiro atoms. The third kappa shape index (κ3) is 4.68. The highest BCUT2D eigenvalue weighted by atomic mass is 16.5. The highest BCUT2D eigenvalue weighted by molar-refractivity contribution is 6.04. The zero-order valence-electron chi connectivity index (χ0n) is 13.4. The molecule has 0 heterocycles. The van der Waals surface area contributed by atoms with Crippen molar-refractivity contribution in [3.63, 3.8) is 0 Å². The van der Waals surface area contributed by atoms with Crippen LogP contribution >= 0.6 is 0 Å². The fourth-order valence-corrected chi connectivity index (χ4v) is 1.98. The maximum Gasteiger partial charge on any atom is 0.338 e. The van der Waals surface area contributed by atoms with Gasteiger partial charge in [0.25, 0.3) is 5.91 Å². The Balaban J connectivity index is 1.96. The Bertz CT molecular complexity index is 744. The lowest BCUT2D eigenvalue weighted by Crippen LogP contribution is -2.12. The smallest absolute Gasteiger partial charge is 0.338 e. The molecule has 0 bridgehead atoms. The summed E-state index contributed by atoms with van der Waals surface area (Å²) in [5, 5.41) is 11.5. The van der Waals surface area contributed by atoms with Crippen LogP contribution in [0.25, 0.3) is 0 Å². The van der Waals surface area contributed by atoms with Gasteiger partial charge in [0.05, 0.1) is 23.8 Å². The lowest BCUT2D eigenvalue weighted by Gasteiger charge is -2.07. The molecule has 0 radical (unpaired) electrons. The third-order valence-electron chi connectivity index (χ3n) is 3.39. The maximum atomic E-state index is 12.1. The minimum atomic E-state index is -0.367. The number of unbranched alkanes of at least 4 members (excludes halogenated alkanes) is 1. The van der Waals surface area contributed by atoms with Gasteiger partial charge >= 0.3 is 5.97 Å². The Morgan fingerprint density at radius 3 is 2.25 bits per heavy atom. The Morgan fingerprint density at radius 2 is 1.67 bits per heavy atom. The van der Waals surface area contributed by atoms with E-state index in [4.69, 9.17) is 10.00 Å². The number of nitrogens with one attached hydrogen (secondary N) is 1. The average molecular weight is 322 g/mol. The van der Waals surface area contributed by atoms with Gasteiger partial charge in [-0.15, -0.1) is 0 Å². The average Bonchev–Trinajstić information content (AvgIpc) is 2.62. The number of carbonyl (C=O) groups excluding carboxylic acids is 2. The second kappa shape index (κ2) is 8.49. The Morgan fingerprint density at radius 1 is 1.04 bits per heavy atom. The maximum absolute atomic E-state index is 12.1. The van der Waals surface area contributed by atoms with Crippen LogP contribution in [-0.4, -0.2) is 18.5 Å². The first kappa shape index (κ1) is 17.2. The molecule has 0 atom stereocenters. The van der Waals surface area contributed by atoms with Crippen LogP contribution in [0.15, 0.2) is 48.5 Å². The molecule has 0 aliphatic heterocycles. The van der Waals surface area contributed by atoms with Crippen molar-refractivity contribution in [2.75, 3.05) is 11.9 Å². The fourth-order valence-electron chi connectivity index (χ4n) is 1.98. The number of ether oxygens (including phenoxy) is 1. The topological polar surface area (TPSA) is 79.2 Å². The largest absolute Gasteiger partial charge is 0.462 e. The van der Waals surface area contributed by atoms with Crippen LogP contribution < -0.4 is 5.32 Å². The second-order valence-electron chi connectivity index (χ2n) is 5.21. The van der Waals surface area contributed by atoms with Crippen LogP contribution in [0, 0.1) is 11.3 Å². The number of nitriles is 1. The number of anilines is 1. The van der Waals surface area contributed by atoms with Gasteiger partial charge in [-0.3, -0.25) is 4.79 Å². The van der Waals surface area contributed by atoms with E-state index in [2.05, 4.69) is 5.32 Å². The van der Waals surface area contributed by atoms with Gasteiger partial charge in [-0.1, -0.05) is 13.3 Å².